The maximum absolute atomic E-state index is 13.0. The maximum Gasteiger partial charge on any atom is 0.226 e. The van der Waals surface area contributed by atoms with E-state index < -0.39 is 0 Å². The predicted octanol–water partition coefficient (Wildman–Crippen LogP) is 2.72. The van der Waals surface area contributed by atoms with Gasteiger partial charge < -0.3 is 9.80 Å². The van der Waals surface area contributed by atoms with Gasteiger partial charge in [0.1, 0.15) is 11.6 Å². The van der Waals surface area contributed by atoms with E-state index in [1.54, 1.807) is 12.1 Å². The maximum atomic E-state index is 13.0. The highest BCUT2D eigenvalue weighted by Crippen LogP contribution is 2.32. The third-order valence-electron chi connectivity index (χ3n) is 4.84. The fourth-order valence-corrected chi connectivity index (χ4v) is 3.97. The molecule has 1 aliphatic heterocycles. The lowest BCUT2D eigenvalue weighted by Crippen LogP contribution is -2.54. The minimum Gasteiger partial charge on any atom is -0.343 e. The number of benzene rings is 1. The highest BCUT2D eigenvalue weighted by molar-refractivity contribution is 7.09. The van der Waals surface area contributed by atoms with Gasteiger partial charge in [-0.25, -0.2) is 9.37 Å². The van der Waals surface area contributed by atoms with E-state index in [2.05, 4.69) is 21.2 Å². The topological polar surface area (TPSA) is 49.3 Å². The summed E-state index contributed by atoms with van der Waals surface area (Å²) in [4.78, 5) is 21.2. The number of amides is 1. The number of hydrogen-bond acceptors (Lipinski definition) is 5. The molecule has 5 nitrogen and oxygen atoms in total. The lowest BCUT2D eigenvalue weighted by Gasteiger charge is -2.39. The molecular formula is C18H21FN4OS. The van der Waals surface area contributed by atoms with Crippen LogP contribution in [0, 0.1) is 11.7 Å². The van der Waals surface area contributed by atoms with Crippen LogP contribution in [0.1, 0.15) is 31.2 Å². The first-order chi connectivity index (χ1) is 12.1. The summed E-state index contributed by atoms with van der Waals surface area (Å²) in [6.07, 6.45) is 2.70. The highest BCUT2D eigenvalue weighted by atomic mass is 32.1. The van der Waals surface area contributed by atoms with E-state index in [0.717, 1.165) is 49.0 Å². The van der Waals surface area contributed by atoms with Crippen LogP contribution in [-0.2, 0) is 11.2 Å². The van der Waals surface area contributed by atoms with Crippen molar-refractivity contribution in [2.45, 2.75) is 32.2 Å². The van der Waals surface area contributed by atoms with Crippen LogP contribution in [0.5, 0.6) is 0 Å². The van der Waals surface area contributed by atoms with Crippen molar-refractivity contribution in [3.8, 4) is 0 Å². The minimum absolute atomic E-state index is 0.200. The molecule has 7 heteroatoms. The SMILES string of the molecule is CC1CN(c2nc(Cc3ccc(F)cc3)ns2)CCN1C(=O)C1CC1. The summed E-state index contributed by atoms with van der Waals surface area (Å²) in [5.41, 5.74) is 0.999. The Morgan fingerprint density at radius 2 is 2.04 bits per heavy atom. The van der Waals surface area contributed by atoms with Gasteiger partial charge in [-0.3, -0.25) is 4.79 Å². The molecule has 4 rings (SSSR count). The van der Waals surface area contributed by atoms with E-state index in [1.165, 1.54) is 23.7 Å². The van der Waals surface area contributed by atoms with Gasteiger partial charge in [0.25, 0.3) is 0 Å². The largest absolute Gasteiger partial charge is 0.343 e. The van der Waals surface area contributed by atoms with E-state index in [4.69, 9.17) is 0 Å². The Balaban J connectivity index is 1.39. The highest BCUT2D eigenvalue weighted by Gasteiger charge is 2.37. The van der Waals surface area contributed by atoms with Crippen LogP contribution < -0.4 is 4.90 Å². The fourth-order valence-electron chi connectivity index (χ4n) is 3.25. The normalized spacial score (nSPS) is 20.8. The van der Waals surface area contributed by atoms with Crippen LogP contribution in [-0.4, -0.2) is 45.8 Å². The van der Waals surface area contributed by atoms with Crippen LogP contribution >= 0.6 is 11.5 Å². The lowest BCUT2D eigenvalue weighted by molar-refractivity contribution is -0.134. The van der Waals surface area contributed by atoms with Crippen LogP contribution in [0.25, 0.3) is 0 Å². The zero-order valence-electron chi connectivity index (χ0n) is 14.2. The number of piperazine rings is 1. The molecule has 1 saturated carbocycles. The molecule has 2 aromatic rings. The molecule has 0 radical (unpaired) electrons. The Kier molecular flexibility index (Phi) is 4.41. The van der Waals surface area contributed by atoms with Gasteiger partial charge in [-0.1, -0.05) is 12.1 Å². The number of carbonyl (C=O) groups is 1. The predicted molar refractivity (Wildman–Crippen MR) is 95.2 cm³/mol. The Morgan fingerprint density at radius 1 is 1.28 bits per heavy atom. The Bertz CT molecular complexity index is 759. The van der Waals surface area contributed by atoms with E-state index in [9.17, 15) is 9.18 Å². The third kappa shape index (κ3) is 3.66. The first kappa shape index (κ1) is 16.4. The molecule has 1 aromatic heterocycles. The van der Waals surface area contributed by atoms with Gasteiger partial charge in [0.05, 0.1) is 0 Å². The first-order valence-electron chi connectivity index (χ1n) is 8.72. The molecule has 132 valence electrons. The van der Waals surface area contributed by atoms with Crippen LogP contribution in [0.3, 0.4) is 0 Å². The van der Waals surface area contributed by atoms with Gasteiger partial charge in [0.15, 0.2) is 0 Å². The molecule has 2 heterocycles. The van der Waals surface area contributed by atoms with Gasteiger partial charge in [-0.05, 0) is 37.5 Å². The summed E-state index contributed by atoms with van der Waals surface area (Å²) in [5.74, 6) is 1.12. The second kappa shape index (κ2) is 6.71. The van der Waals surface area contributed by atoms with Crippen molar-refractivity contribution in [2.24, 2.45) is 5.92 Å². The number of nitrogens with zero attached hydrogens (tertiary/aromatic N) is 4. The number of hydrogen-bond donors (Lipinski definition) is 0. The molecule has 0 spiro atoms. The van der Waals surface area contributed by atoms with Crippen molar-refractivity contribution < 1.29 is 9.18 Å². The molecule has 1 aromatic carbocycles. The molecule has 1 amide bonds. The molecule has 1 aliphatic carbocycles. The van der Waals surface area contributed by atoms with Crippen molar-refractivity contribution in [1.29, 1.82) is 0 Å². The quantitative estimate of drug-likeness (QED) is 0.841. The van der Waals surface area contributed by atoms with Crippen LogP contribution in [0.4, 0.5) is 9.52 Å². The summed E-state index contributed by atoms with van der Waals surface area (Å²) < 4.78 is 17.4. The van der Waals surface area contributed by atoms with E-state index in [0.29, 0.717) is 12.3 Å². The average Bonchev–Trinajstić information content (AvgIpc) is 3.36. The van der Waals surface area contributed by atoms with Crippen LogP contribution in [0.15, 0.2) is 24.3 Å². The monoisotopic (exact) mass is 360 g/mol. The number of carbonyl (C=O) groups excluding carboxylic acids is 1. The molecular weight excluding hydrogens is 339 g/mol. The molecule has 2 fully saturated rings. The molecule has 0 N–H and O–H groups in total. The number of anilines is 1. The summed E-state index contributed by atoms with van der Waals surface area (Å²) in [5, 5.41) is 0.905. The van der Waals surface area contributed by atoms with Crippen molar-refractivity contribution in [3.63, 3.8) is 0 Å². The first-order valence-corrected chi connectivity index (χ1v) is 9.50. The van der Waals surface area contributed by atoms with Gasteiger partial charge in [-0.2, -0.15) is 4.37 Å². The van der Waals surface area contributed by atoms with Crippen LogP contribution in [0.2, 0.25) is 0 Å². The second-order valence-electron chi connectivity index (χ2n) is 6.90. The van der Waals surface area contributed by atoms with Crippen molar-refractivity contribution in [1.82, 2.24) is 14.3 Å². The Labute approximate surface area is 150 Å². The van der Waals surface area contributed by atoms with E-state index >= 15 is 0 Å². The minimum atomic E-state index is -0.233. The molecule has 1 unspecified atom stereocenters. The number of halogens is 1. The molecule has 1 atom stereocenters. The smallest absolute Gasteiger partial charge is 0.226 e. The second-order valence-corrected chi connectivity index (χ2v) is 7.63. The van der Waals surface area contributed by atoms with Crippen molar-refractivity contribution >= 4 is 22.6 Å². The summed E-state index contributed by atoms with van der Waals surface area (Å²) in [7, 11) is 0. The number of aromatic nitrogens is 2. The van der Waals surface area contributed by atoms with E-state index in [-0.39, 0.29) is 17.8 Å². The van der Waals surface area contributed by atoms with Gasteiger partial charge >= 0.3 is 0 Å². The zero-order valence-corrected chi connectivity index (χ0v) is 15.0. The van der Waals surface area contributed by atoms with Gasteiger partial charge in [0.2, 0.25) is 11.0 Å². The lowest BCUT2D eigenvalue weighted by atomic mass is 10.1. The fraction of sp³-hybridized carbons (Fsp3) is 0.500. The Morgan fingerprint density at radius 3 is 2.72 bits per heavy atom. The van der Waals surface area contributed by atoms with Gasteiger partial charge in [-0.15, -0.1) is 0 Å². The summed E-state index contributed by atoms with van der Waals surface area (Å²) in [6.45, 7) is 4.45. The summed E-state index contributed by atoms with van der Waals surface area (Å²) >= 11 is 1.40. The molecule has 25 heavy (non-hydrogen) atoms. The van der Waals surface area contributed by atoms with Gasteiger partial charge in [0, 0.05) is 49.5 Å². The summed E-state index contributed by atoms with van der Waals surface area (Å²) in [6, 6.07) is 6.65. The molecule has 2 aliphatic rings. The number of rotatable bonds is 4. The van der Waals surface area contributed by atoms with Crippen molar-refractivity contribution in [3.05, 3.63) is 41.5 Å². The zero-order chi connectivity index (χ0) is 17.4. The molecule has 1 saturated heterocycles. The average molecular weight is 360 g/mol. The van der Waals surface area contributed by atoms with E-state index in [1.807, 2.05) is 4.90 Å². The van der Waals surface area contributed by atoms with Crippen molar-refractivity contribution in [2.75, 3.05) is 24.5 Å². The standard InChI is InChI=1S/C18H21FN4OS/c1-12-11-22(8-9-23(12)17(24)14-4-5-14)18-20-16(21-25-18)10-13-2-6-15(19)7-3-13/h2-3,6-7,12,14H,4-5,8-11H2,1H3. The third-order valence-corrected chi connectivity index (χ3v) is 5.66. The molecule has 0 bridgehead atoms. The Hall–Kier alpha value is -2.02.